The summed E-state index contributed by atoms with van der Waals surface area (Å²) in [6.07, 6.45) is 1.33. The van der Waals surface area contributed by atoms with E-state index in [2.05, 4.69) is 10.1 Å². The van der Waals surface area contributed by atoms with Crippen LogP contribution in [0.5, 0.6) is 0 Å². The van der Waals surface area contributed by atoms with Gasteiger partial charge in [-0.3, -0.25) is 4.79 Å². The molecule has 3 rings (SSSR count). The van der Waals surface area contributed by atoms with Crippen LogP contribution in [0.15, 0.2) is 32.9 Å². The molecule has 5 nitrogen and oxygen atoms in total. The van der Waals surface area contributed by atoms with Crippen LogP contribution in [0.1, 0.15) is 11.5 Å². The van der Waals surface area contributed by atoms with Crippen molar-refractivity contribution < 1.29 is 4.42 Å². The van der Waals surface area contributed by atoms with Crippen molar-refractivity contribution in [2.45, 2.75) is 13.5 Å². The number of oxazole rings is 1. The minimum Gasteiger partial charge on any atom is -0.440 e. The third kappa shape index (κ3) is 2.74. The largest absolute Gasteiger partial charge is 0.440 e. The van der Waals surface area contributed by atoms with Gasteiger partial charge in [0.15, 0.2) is 0 Å². The van der Waals surface area contributed by atoms with Gasteiger partial charge < -0.3 is 4.42 Å². The Bertz CT molecular complexity index is 840. The Morgan fingerprint density at radius 2 is 2.24 bits per heavy atom. The molecule has 0 atom stereocenters. The first-order valence-electron chi connectivity index (χ1n) is 5.97. The van der Waals surface area contributed by atoms with Gasteiger partial charge in [0, 0.05) is 0 Å². The van der Waals surface area contributed by atoms with Crippen LogP contribution in [0.25, 0.3) is 10.8 Å². The van der Waals surface area contributed by atoms with Gasteiger partial charge in [-0.1, -0.05) is 29.3 Å². The Morgan fingerprint density at radius 3 is 2.95 bits per heavy atom. The summed E-state index contributed by atoms with van der Waals surface area (Å²) in [5, 5.41) is 5.98. The number of aryl methyl sites for hydroxylation is 1. The lowest BCUT2D eigenvalue weighted by Gasteiger charge is -2.03. The van der Waals surface area contributed by atoms with E-state index in [4.69, 9.17) is 27.6 Å². The number of halogens is 2. The Morgan fingerprint density at radius 1 is 1.43 bits per heavy atom. The van der Waals surface area contributed by atoms with Crippen molar-refractivity contribution in [1.82, 2.24) is 14.8 Å². The van der Waals surface area contributed by atoms with E-state index >= 15 is 0 Å². The van der Waals surface area contributed by atoms with E-state index in [1.807, 2.05) is 17.5 Å². The van der Waals surface area contributed by atoms with Crippen LogP contribution in [0.3, 0.4) is 0 Å². The zero-order chi connectivity index (χ0) is 15.0. The SMILES string of the molecule is Cc1oc(-c2cccs2)nc1Cn1ncc(Cl)c(Cl)c1=O. The monoisotopic (exact) mass is 341 g/mol. The molecule has 0 saturated carbocycles. The third-order valence-corrected chi connectivity index (χ3v) is 4.47. The van der Waals surface area contributed by atoms with Crippen molar-refractivity contribution in [3.05, 3.63) is 55.6 Å². The van der Waals surface area contributed by atoms with E-state index < -0.39 is 5.56 Å². The first-order valence-corrected chi connectivity index (χ1v) is 7.61. The molecule has 21 heavy (non-hydrogen) atoms. The van der Waals surface area contributed by atoms with E-state index in [9.17, 15) is 4.79 Å². The second-order valence-electron chi connectivity index (χ2n) is 4.27. The molecule has 0 aliphatic carbocycles. The van der Waals surface area contributed by atoms with Gasteiger partial charge in [0.05, 0.1) is 22.6 Å². The molecule has 0 unspecified atom stereocenters. The minimum atomic E-state index is -0.454. The summed E-state index contributed by atoms with van der Waals surface area (Å²) >= 11 is 13.1. The fourth-order valence-corrected chi connectivity index (χ4v) is 2.70. The molecule has 8 heteroatoms. The van der Waals surface area contributed by atoms with Crippen molar-refractivity contribution in [1.29, 1.82) is 0 Å². The average molecular weight is 342 g/mol. The lowest BCUT2D eigenvalue weighted by atomic mass is 10.3. The van der Waals surface area contributed by atoms with Gasteiger partial charge in [-0.05, 0) is 18.4 Å². The Hall–Kier alpha value is -1.63. The molecule has 0 amide bonds. The molecule has 0 aromatic carbocycles. The summed E-state index contributed by atoms with van der Waals surface area (Å²) in [4.78, 5) is 17.3. The highest BCUT2D eigenvalue weighted by Gasteiger charge is 2.15. The second kappa shape index (κ2) is 5.63. The predicted octanol–water partition coefficient (Wildman–Crippen LogP) is 3.62. The molecular weight excluding hydrogens is 333 g/mol. The molecule has 0 fully saturated rings. The highest BCUT2D eigenvalue weighted by atomic mass is 35.5. The molecule has 3 aromatic heterocycles. The van der Waals surface area contributed by atoms with Gasteiger partial charge in [0.2, 0.25) is 5.89 Å². The fourth-order valence-electron chi connectivity index (χ4n) is 1.78. The highest BCUT2D eigenvalue weighted by molar-refractivity contribution is 7.13. The van der Waals surface area contributed by atoms with Gasteiger partial charge in [-0.25, -0.2) is 9.67 Å². The lowest BCUT2D eigenvalue weighted by Crippen LogP contribution is -2.24. The molecule has 0 spiro atoms. The molecule has 3 heterocycles. The molecule has 0 aliphatic heterocycles. The van der Waals surface area contributed by atoms with Crippen LogP contribution >= 0.6 is 34.5 Å². The maximum Gasteiger partial charge on any atom is 0.287 e. The normalized spacial score (nSPS) is 11.0. The molecular formula is C13H9Cl2N3O2S. The summed E-state index contributed by atoms with van der Waals surface area (Å²) in [7, 11) is 0. The second-order valence-corrected chi connectivity index (χ2v) is 6.00. The topological polar surface area (TPSA) is 60.9 Å². The summed E-state index contributed by atoms with van der Waals surface area (Å²) in [5.41, 5.74) is 0.177. The predicted molar refractivity (Wildman–Crippen MR) is 82.2 cm³/mol. The molecule has 3 aromatic rings. The molecule has 0 aliphatic rings. The molecule has 0 radical (unpaired) electrons. The average Bonchev–Trinajstić information content (AvgIpc) is 3.10. The number of hydrogen-bond acceptors (Lipinski definition) is 5. The highest BCUT2D eigenvalue weighted by Crippen LogP contribution is 2.26. The van der Waals surface area contributed by atoms with Gasteiger partial charge in [-0.15, -0.1) is 11.3 Å². The van der Waals surface area contributed by atoms with Gasteiger partial charge in [0.25, 0.3) is 5.56 Å². The molecule has 0 saturated heterocycles. The summed E-state index contributed by atoms with van der Waals surface area (Å²) in [5.74, 6) is 1.17. The van der Waals surface area contributed by atoms with Gasteiger partial charge >= 0.3 is 0 Å². The third-order valence-electron chi connectivity index (χ3n) is 2.87. The summed E-state index contributed by atoms with van der Waals surface area (Å²) in [6, 6.07) is 3.84. The quantitative estimate of drug-likeness (QED) is 0.729. The minimum absolute atomic E-state index is 0.0497. The first-order chi connectivity index (χ1) is 10.1. The molecule has 0 N–H and O–H groups in total. The number of aromatic nitrogens is 3. The number of rotatable bonds is 3. The zero-order valence-electron chi connectivity index (χ0n) is 10.8. The van der Waals surface area contributed by atoms with Gasteiger partial charge in [-0.2, -0.15) is 5.10 Å². The number of thiophene rings is 1. The van der Waals surface area contributed by atoms with Crippen LogP contribution in [0.4, 0.5) is 0 Å². The van der Waals surface area contributed by atoms with Crippen LogP contribution in [-0.4, -0.2) is 14.8 Å². The van der Waals surface area contributed by atoms with E-state index in [-0.39, 0.29) is 16.6 Å². The Kier molecular flexibility index (Phi) is 3.84. The molecule has 108 valence electrons. The smallest absolute Gasteiger partial charge is 0.287 e. The zero-order valence-corrected chi connectivity index (χ0v) is 13.2. The fraction of sp³-hybridized carbons (Fsp3) is 0.154. The standard InChI is InChI=1S/C13H9Cl2N3O2S/c1-7-9(17-12(20-7)10-3-2-4-21-10)6-18-13(19)11(15)8(14)5-16-18/h2-5H,6H2,1H3. The van der Waals surface area contributed by atoms with E-state index in [1.54, 1.807) is 6.92 Å². The Labute approximate surface area is 133 Å². The van der Waals surface area contributed by atoms with E-state index in [0.29, 0.717) is 17.3 Å². The van der Waals surface area contributed by atoms with Crippen molar-refractivity contribution >= 4 is 34.5 Å². The summed E-state index contributed by atoms with van der Waals surface area (Å²) in [6.45, 7) is 1.97. The van der Waals surface area contributed by atoms with Crippen LogP contribution in [0.2, 0.25) is 10.0 Å². The first kappa shape index (κ1) is 14.3. The lowest BCUT2D eigenvalue weighted by molar-refractivity contribution is 0.535. The van der Waals surface area contributed by atoms with Crippen molar-refractivity contribution in [3.63, 3.8) is 0 Å². The number of hydrogen-bond donors (Lipinski definition) is 0. The van der Waals surface area contributed by atoms with Gasteiger partial charge in [0.1, 0.15) is 16.5 Å². The van der Waals surface area contributed by atoms with Crippen LogP contribution in [0, 0.1) is 6.92 Å². The van der Waals surface area contributed by atoms with Crippen molar-refractivity contribution in [3.8, 4) is 10.8 Å². The maximum absolute atomic E-state index is 12.0. The number of nitrogens with zero attached hydrogens (tertiary/aromatic N) is 3. The summed E-state index contributed by atoms with van der Waals surface area (Å²) < 4.78 is 6.83. The van der Waals surface area contributed by atoms with Crippen LogP contribution in [-0.2, 0) is 6.54 Å². The maximum atomic E-state index is 12.0. The molecule has 0 bridgehead atoms. The van der Waals surface area contributed by atoms with E-state index in [0.717, 1.165) is 4.88 Å². The van der Waals surface area contributed by atoms with Crippen LogP contribution < -0.4 is 5.56 Å². The Balaban J connectivity index is 1.96. The van der Waals surface area contributed by atoms with E-state index in [1.165, 1.54) is 22.2 Å². The van der Waals surface area contributed by atoms with Crippen molar-refractivity contribution in [2.75, 3.05) is 0 Å². The van der Waals surface area contributed by atoms with Crippen molar-refractivity contribution in [2.24, 2.45) is 0 Å².